The molecule has 6 rings (SSSR count). The number of hydrogen-bond acceptors (Lipinski definition) is 3. The van der Waals surface area contributed by atoms with E-state index in [4.69, 9.17) is 9.73 Å². The Hall–Kier alpha value is -2.91. The van der Waals surface area contributed by atoms with Crippen LogP contribution in [0.3, 0.4) is 0 Å². The molecule has 3 heteroatoms. The van der Waals surface area contributed by atoms with Crippen LogP contribution < -0.4 is 4.74 Å². The quantitative estimate of drug-likeness (QED) is 0.531. The Morgan fingerprint density at radius 2 is 1.42 bits per heavy atom. The van der Waals surface area contributed by atoms with Crippen molar-refractivity contribution in [2.24, 2.45) is 10.9 Å². The van der Waals surface area contributed by atoms with E-state index in [1.54, 1.807) is 7.11 Å². The smallest absolute Gasteiger partial charge is 0.123 e. The fraction of sp³-hybridized carbons (Fsp3) is 0.321. The maximum Gasteiger partial charge on any atom is 0.123 e. The largest absolute Gasteiger partial charge is 0.496 e. The first-order valence-electron chi connectivity index (χ1n) is 11.3. The van der Waals surface area contributed by atoms with Gasteiger partial charge in [-0.25, -0.2) is 0 Å². The molecule has 0 spiro atoms. The molecule has 3 saturated heterocycles. The number of methoxy groups -OCH3 is 1. The predicted octanol–water partition coefficient (Wildman–Crippen LogP) is 5.56. The number of nitrogens with zero attached hydrogens (tertiary/aromatic N) is 2. The first kappa shape index (κ1) is 20.0. The van der Waals surface area contributed by atoms with Crippen molar-refractivity contribution in [3.63, 3.8) is 0 Å². The number of hydrogen-bond donors (Lipinski definition) is 0. The molecule has 31 heavy (non-hydrogen) atoms. The lowest BCUT2D eigenvalue weighted by Gasteiger charge is -2.49. The van der Waals surface area contributed by atoms with Crippen molar-refractivity contribution >= 4 is 5.71 Å². The number of aliphatic imine (C=N–C) groups is 1. The van der Waals surface area contributed by atoms with Crippen LogP contribution >= 0.6 is 0 Å². The van der Waals surface area contributed by atoms with Crippen molar-refractivity contribution in [3.05, 3.63) is 102 Å². The van der Waals surface area contributed by atoms with Gasteiger partial charge < -0.3 is 4.74 Å². The molecular weight excluding hydrogens is 380 g/mol. The summed E-state index contributed by atoms with van der Waals surface area (Å²) in [6, 6.07) is 30.5. The van der Waals surface area contributed by atoms with Gasteiger partial charge in [0.15, 0.2) is 0 Å². The van der Waals surface area contributed by atoms with Crippen LogP contribution in [0.15, 0.2) is 89.9 Å². The molecule has 0 aromatic heterocycles. The Morgan fingerprint density at radius 1 is 0.839 bits per heavy atom. The maximum atomic E-state index is 5.58. The second-order valence-corrected chi connectivity index (χ2v) is 8.61. The average Bonchev–Trinajstić information content (AvgIpc) is 2.85. The molecule has 3 heterocycles. The van der Waals surface area contributed by atoms with Crippen LogP contribution in [-0.4, -0.2) is 36.9 Å². The Morgan fingerprint density at radius 3 is 2.03 bits per heavy atom. The number of benzene rings is 3. The molecule has 3 fully saturated rings. The summed E-state index contributed by atoms with van der Waals surface area (Å²) in [5.41, 5.74) is 5.28. The SMILES string of the molecule is COc1ccccc1CN=C1C2CCN(CC2)C1C(c1ccccc1)c1ccccc1. The van der Waals surface area contributed by atoms with E-state index in [2.05, 4.69) is 77.7 Å². The van der Waals surface area contributed by atoms with E-state index in [0.29, 0.717) is 24.4 Å². The van der Waals surface area contributed by atoms with E-state index in [9.17, 15) is 0 Å². The van der Waals surface area contributed by atoms with Gasteiger partial charge in [-0.15, -0.1) is 0 Å². The first-order valence-corrected chi connectivity index (χ1v) is 11.3. The topological polar surface area (TPSA) is 24.8 Å². The van der Waals surface area contributed by atoms with Crippen LogP contribution in [0, 0.1) is 5.92 Å². The Balaban J connectivity index is 1.56. The Kier molecular flexibility index (Phi) is 5.86. The zero-order chi connectivity index (χ0) is 21.0. The minimum atomic E-state index is 0.293. The molecule has 0 aliphatic carbocycles. The lowest BCUT2D eigenvalue weighted by Crippen LogP contribution is -2.58. The number of rotatable bonds is 6. The maximum absolute atomic E-state index is 5.58. The van der Waals surface area contributed by atoms with E-state index in [0.717, 1.165) is 11.3 Å². The molecule has 3 nitrogen and oxygen atoms in total. The van der Waals surface area contributed by atoms with Gasteiger partial charge in [0.25, 0.3) is 0 Å². The van der Waals surface area contributed by atoms with E-state index < -0.39 is 0 Å². The lowest BCUT2D eigenvalue weighted by atomic mass is 9.72. The summed E-state index contributed by atoms with van der Waals surface area (Å²) in [5.74, 6) is 1.80. The van der Waals surface area contributed by atoms with Crippen molar-refractivity contribution in [2.75, 3.05) is 20.2 Å². The zero-order valence-electron chi connectivity index (χ0n) is 18.2. The molecule has 1 atom stereocenters. The third kappa shape index (κ3) is 4.03. The van der Waals surface area contributed by atoms with Crippen LogP contribution in [0.4, 0.5) is 0 Å². The Bertz CT molecular complexity index is 984. The third-order valence-electron chi connectivity index (χ3n) is 6.90. The van der Waals surface area contributed by atoms with Crippen LogP contribution in [0.5, 0.6) is 5.75 Å². The molecule has 0 amide bonds. The summed E-state index contributed by atoms with van der Waals surface area (Å²) >= 11 is 0. The van der Waals surface area contributed by atoms with E-state index in [1.807, 2.05) is 12.1 Å². The highest BCUT2D eigenvalue weighted by Gasteiger charge is 2.43. The summed E-state index contributed by atoms with van der Waals surface area (Å²) in [4.78, 5) is 7.97. The van der Waals surface area contributed by atoms with Crippen molar-refractivity contribution in [1.82, 2.24) is 4.90 Å². The molecule has 0 saturated carbocycles. The summed E-state index contributed by atoms with van der Waals surface area (Å²) in [7, 11) is 1.74. The van der Waals surface area contributed by atoms with Gasteiger partial charge in [0.1, 0.15) is 5.75 Å². The van der Waals surface area contributed by atoms with Crippen molar-refractivity contribution in [3.8, 4) is 5.75 Å². The molecule has 0 radical (unpaired) electrons. The van der Waals surface area contributed by atoms with E-state index >= 15 is 0 Å². The van der Waals surface area contributed by atoms with Crippen molar-refractivity contribution < 1.29 is 4.74 Å². The van der Waals surface area contributed by atoms with Crippen LogP contribution in [0.2, 0.25) is 0 Å². The average molecular weight is 411 g/mol. The fourth-order valence-corrected chi connectivity index (χ4v) is 5.39. The molecule has 1 unspecified atom stereocenters. The minimum Gasteiger partial charge on any atom is -0.496 e. The molecule has 2 bridgehead atoms. The molecule has 0 N–H and O–H groups in total. The van der Waals surface area contributed by atoms with Gasteiger partial charge >= 0.3 is 0 Å². The summed E-state index contributed by atoms with van der Waals surface area (Å²) in [5, 5.41) is 0. The summed E-state index contributed by atoms with van der Waals surface area (Å²) < 4.78 is 5.58. The van der Waals surface area contributed by atoms with Gasteiger partial charge in [-0.05, 0) is 43.1 Å². The van der Waals surface area contributed by atoms with Crippen LogP contribution in [0.25, 0.3) is 0 Å². The second kappa shape index (κ2) is 9.07. The molecule has 158 valence electrons. The standard InChI is InChI=1S/C28H30N2O/c1-31-25-15-9-8-14-24(25)20-29-27-23-16-18-30(19-17-23)28(27)26(21-10-4-2-5-11-21)22-12-6-3-7-13-22/h2-15,23,26,28H,16-20H2,1H3. The normalized spacial score (nSPS) is 23.9. The molecule has 3 aromatic carbocycles. The van der Waals surface area contributed by atoms with Crippen LogP contribution in [-0.2, 0) is 6.54 Å². The van der Waals surface area contributed by atoms with E-state index in [1.165, 1.54) is 42.8 Å². The fourth-order valence-electron chi connectivity index (χ4n) is 5.39. The summed E-state index contributed by atoms with van der Waals surface area (Å²) in [6.45, 7) is 3.01. The molecule has 3 aliphatic heterocycles. The van der Waals surface area contributed by atoms with Gasteiger partial charge in [0.2, 0.25) is 0 Å². The van der Waals surface area contributed by atoms with Gasteiger partial charge in [-0.1, -0.05) is 78.9 Å². The van der Waals surface area contributed by atoms with Crippen molar-refractivity contribution in [2.45, 2.75) is 31.3 Å². The second-order valence-electron chi connectivity index (χ2n) is 8.61. The van der Waals surface area contributed by atoms with Gasteiger partial charge in [-0.3, -0.25) is 9.89 Å². The minimum absolute atomic E-state index is 0.293. The third-order valence-corrected chi connectivity index (χ3v) is 6.90. The number of fused-ring (bicyclic) bond motifs is 3. The number of ether oxygens (including phenoxy) is 1. The van der Waals surface area contributed by atoms with E-state index in [-0.39, 0.29) is 0 Å². The number of piperidine rings is 3. The lowest BCUT2D eigenvalue weighted by molar-refractivity contribution is 0.135. The zero-order valence-corrected chi connectivity index (χ0v) is 18.2. The van der Waals surface area contributed by atoms with Crippen LogP contribution in [0.1, 0.15) is 35.4 Å². The molecule has 3 aromatic rings. The highest BCUT2D eigenvalue weighted by molar-refractivity contribution is 5.94. The predicted molar refractivity (Wildman–Crippen MR) is 127 cm³/mol. The van der Waals surface area contributed by atoms with Crippen molar-refractivity contribution in [1.29, 1.82) is 0 Å². The first-order chi connectivity index (χ1) is 15.3. The summed E-state index contributed by atoms with van der Waals surface area (Å²) in [6.07, 6.45) is 2.44. The molecule has 3 aliphatic rings. The Labute approximate surface area is 185 Å². The highest BCUT2D eigenvalue weighted by Crippen LogP contribution is 2.40. The highest BCUT2D eigenvalue weighted by atomic mass is 16.5. The van der Waals surface area contributed by atoms with Gasteiger partial charge in [0, 0.05) is 23.1 Å². The monoisotopic (exact) mass is 410 g/mol. The number of para-hydroxylation sites is 1. The van der Waals surface area contributed by atoms with Gasteiger partial charge in [-0.2, -0.15) is 0 Å². The van der Waals surface area contributed by atoms with Gasteiger partial charge in [0.05, 0.1) is 19.7 Å². The molecular formula is C28H30N2O.